The van der Waals surface area contributed by atoms with E-state index in [0.29, 0.717) is 0 Å². The van der Waals surface area contributed by atoms with Crippen LogP contribution in [0.15, 0.2) is 321 Å². The smallest absolute Gasteiger partial charge is 0.181 e. The summed E-state index contributed by atoms with van der Waals surface area (Å²) < 4.78 is 30.2. The molecule has 0 fully saturated rings. The molecule has 0 atom stereocenters. The summed E-state index contributed by atoms with van der Waals surface area (Å²) in [6.07, 6.45) is 0. The Kier molecular flexibility index (Phi) is 12.2. The van der Waals surface area contributed by atoms with Gasteiger partial charge in [-0.3, -0.25) is 0 Å². The Morgan fingerprint density at radius 3 is 1.07 bits per heavy atom. The van der Waals surface area contributed by atoms with Gasteiger partial charge in [0.05, 0.1) is 21.5 Å². The van der Waals surface area contributed by atoms with Gasteiger partial charge < -0.3 is 27.5 Å². The number of rotatable bonds is 9. The van der Waals surface area contributed by atoms with Crippen molar-refractivity contribution in [2.45, 2.75) is 0 Å². The van der Waals surface area contributed by atoms with Crippen molar-refractivity contribution in [3.05, 3.63) is 303 Å². The van der Waals surface area contributed by atoms with Crippen molar-refractivity contribution in [3.63, 3.8) is 0 Å². The van der Waals surface area contributed by atoms with Gasteiger partial charge in [-0.25, -0.2) is 0 Å². The number of benzene rings is 13. The maximum absolute atomic E-state index is 6.35. The minimum atomic E-state index is 0.804. The Morgan fingerprint density at radius 2 is 0.522 bits per heavy atom. The second-order valence-electron chi connectivity index (χ2n) is 22.7. The highest BCUT2D eigenvalue weighted by Crippen LogP contribution is 2.45. The SMILES string of the molecule is c1ccc(N(c2ccc(-c3ccc4c(c3)oc3c5ccccc5oc43)cc2)c2ccc(-c3ccc4sc5ccccc5c4c3)cc2)cc1.c1ccc(N(c2cccc(-c3ccc4c(c3)oc3c5ccccc5oc43)c2)c2ccc3sc4ccccc4c3c2)cc1. The molecule has 0 saturated heterocycles. The van der Waals surface area contributed by atoms with E-state index in [4.69, 9.17) is 17.7 Å². The molecule has 13 aromatic carbocycles. The summed E-state index contributed by atoms with van der Waals surface area (Å²) >= 11 is 3.70. The Morgan fingerprint density at radius 1 is 0.189 bits per heavy atom. The number of fused-ring (bicyclic) bond motifs is 16. The number of hydrogen-bond donors (Lipinski definition) is 0. The van der Waals surface area contributed by atoms with E-state index < -0.39 is 0 Å². The summed E-state index contributed by atoms with van der Waals surface area (Å²) in [5.74, 6) is 0. The zero-order valence-electron chi connectivity index (χ0n) is 48.2. The van der Waals surface area contributed by atoms with Crippen LogP contribution in [0.4, 0.5) is 34.1 Å². The predicted octanol–water partition coefficient (Wildman–Crippen LogP) is 25.3. The second kappa shape index (κ2) is 21.2. The Hall–Kier alpha value is -11.4. The van der Waals surface area contributed by atoms with Gasteiger partial charge >= 0.3 is 0 Å². The third-order valence-electron chi connectivity index (χ3n) is 17.4. The number of furan rings is 4. The predicted molar refractivity (Wildman–Crippen MR) is 378 cm³/mol. The fourth-order valence-corrected chi connectivity index (χ4v) is 15.2. The van der Waals surface area contributed by atoms with Gasteiger partial charge in [0, 0.05) is 74.5 Å². The number of anilines is 6. The highest BCUT2D eigenvalue weighted by Gasteiger charge is 2.21. The molecule has 19 aromatic rings. The van der Waals surface area contributed by atoms with Crippen molar-refractivity contribution < 1.29 is 17.7 Å². The number of nitrogens with zero attached hydrogens (tertiary/aromatic N) is 2. The van der Waals surface area contributed by atoms with E-state index in [0.717, 1.165) is 123 Å². The van der Waals surface area contributed by atoms with Gasteiger partial charge in [-0.15, -0.1) is 22.7 Å². The van der Waals surface area contributed by atoms with Gasteiger partial charge in [0.1, 0.15) is 22.3 Å². The highest BCUT2D eigenvalue weighted by atomic mass is 32.1. The quantitative estimate of drug-likeness (QED) is 0.144. The highest BCUT2D eigenvalue weighted by molar-refractivity contribution is 7.26. The zero-order chi connectivity index (χ0) is 59.2. The summed E-state index contributed by atoms with van der Waals surface area (Å²) in [7, 11) is 0. The van der Waals surface area contributed by atoms with Gasteiger partial charge in [-0.05, 0) is 185 Å². The first-order valence-electron chi connectivity index (χ1n) is 30.1. The van der Waals surface area contributed by atoms with Gasteiger partial charge in [0.15, 0.2) is 22.3 Å². The third kappa shape index (κ3) is 8.83. The average molecular weight is 1190 g/mol. The lowest BCUT2D eigenvalue weighted by atomic mass is 10.0. The van der Waals surface area contributed by atoms with Crippen molar-refractivity contribution in [2.24, 2.45) is 0 Å². The molecule has 0 aliphatic rings. The molecule has 0 bridgehead atoms. The van der Waals surface area contributed by atoms with Crippen LogP contribution in [0, 0.1) is 0 Å². The van der Waals surface area contributed by atoms with E-state index in [1.165, 1.54) is 51.5 Å². The van der Waals surface area contributed by atoms with E-state index in [2.05, 4.69) is 265 Å². The monoisotopic (exact) mass is 1190 g/mol. The first-order valence-corrected chi connectivity index (χ1v) is 31.7. The van der Waals surface area contributed by atoms with Crippen LogP contribution in [0.3, 0.4) is 0 Å². The van der Waals surface area contributed by atoms with Crippen molar-refractivity contribution in [1.82, 2.24) is 0 Å². The molecule has 0 unspecified atom stereocenters. The van der Waals surface area contributed by atoms with Crippen LogP contribution < -0.4 is 9.80 Å². The Balaban J connectivity index is 0.000000135. The molecule has 19 rings (SSSR count). The summed E-state index contributed by atoms with van der Waals surface area (Å²) in [6, 6.07) is 107. The molecule has 90 heavy (non-hydrogen) atoms. The normalized spacial score (nSPS) is 11.8. The molecule has 6 heterocycles. The maximum Gasteiger partial charge on any atom is 0.181 e. The standard InChI is InChI=1S/C44H27NO2S.C38H23NO2S/c1-2-8-32(9-3-1)45(33-20-14-28(15-21-33)30-19-25-42-38(26-30)35-10-5-7-13-41(35)48-42)34-22-16-29(17-23-34)31-18-24-37-40(27-31)47-43-36-11-4-6-12-39(36)46-44(37)43;1-2-10-26(11-3-1)39(28-18-20-36-32(23-28)29-13-5-7-16-35(29)42-36)27-12-8-9-24(21-27)25-17-19-31-34(22-25)41-37-30-14-4-6-15-33(30)40-38(31)37/h1-27H;1-23H. The maximum atomic E-state index is 6.35. The molecular weight excluding hydrogens is 1140 g/mol. The van der Waals surface area contributed by atoms with E-state index >= 15 is 0 Å². The fraction of sp³-hybridized carbons (Fsp3) is 0. The first kappa shape index (κ1) is 51.8. The molecule has 0 radical (unpaired) electrons. The lowest BCUT2D eigenvalue weighted by Gasteiger charge is -2.26. The molecule has 0 N–H and O–H groups in total. The summed E-state index contributed by atoms with van der Waals surface area (Å²) in [5.41, 5.74) is 20.1. The first-order chi connectivity index (χ1) is 44.6. The summed E-state index contributed by atoms with van der Waals surface area (Å²) in [6.45, 7) is 0. The molecular formula is C82H50N2O4S2. The topological polar surface area (TPSA) is 59.0 Å². The van der Waals surface area contributed by atoms with Crippen molar-refractivity contribution in [2.75, 3.05) is 9.80 Å². The second-order valence-corrected chi connectivity index (χ2v) is 24.9. The van der Waals surface area contributed by atoms with Crippen LogP contribution in [0.1, 0.15) is 0 Å². The van der Waals surface area contributed by atoms with E-state index in [9.17, 15) is 0 Å². The fourth-order valence-electron chi connectivity index (χ4n) is 13.0. The molecule has 0 aliphatic carbocycles. The minimum Gasteiger partial charge on any atom is -0.452 e. The molecule has 0 saturated carbocycles. The largest absolute Gasteiger partial charge is 0.452 e. The van der Waals surface area contributed by atoms with Gasteiger partial charge in [-0.2, -0.15) is 0 Å². The molecule has 8 heteroatoms. The molecule has 0 spiro atoms. The lowest BCUT2D eigenvalue weighted by molar-refractivity contribution is 0.653. The van der Waals surface area contributed by atoms with E-state index in [-0.39, 0.29) is 0 Å². The average Bonchev–Trinajstić information content (AvgIpc) is 2.35. The molecule has 6 nitrogen and oxygen atoms in total. The third-order valence-corrected chi connectivity index (χ3v) is 19.7. The van der Waals surface area contributed by atoms with Crippen LogP contribution in [0.2, 0.25) is 0 Å². The molecule has 424 valence electrons. The molecule has 0 amide bonds. The molecule has 0 aliphatic heterocycles. The van der Waals surface area contributed by atoms with Crippen molar-refractivity contribution >= 4 is 163 Å². The van der Waals surface area contributed by atoms with Crippen molar-refractivity contribution in [1.29, 1.82) is 0 Å². The van der Waals surface area contributed by atoms with E-state index in [1.807, 2.05) is 71.2 Å². The van der Waals surface area contributed by atoms with Gasteiger partial charge in [-0.1, -0.05) is 152 Å². The lowest BCUT2D eigenvalue weighted by Crippen LogP contribution is -2.09. The van der Waals surface area contributed by atoms with Gasteiger partial charge in [0.2, 0.25) is 0 Å². The number of hydrogen-bond acceptors (Lipinski definition) is 8. The minimum absolute atomic E-state index is 0.804. The zero-order valence-corrected chi connectivity index (χ0v) is 49.8. The van der Waals surface area contributed by atoms with E-state index in [1.54, 1.807) is 0 Å². The summed E-state index contributed by atoms with van der Waals surface area (Å²) in [5, 5.41) is 9.20. The van der Waals surface area contributed by atoms with Crippen molar-refractivity contribution in [3.8, 4) is 33.4 Å². The Labute approximate surface area is 524 Å². The van der Waals surface area contributed by atoms with Gasteiger partial charge in [0.25, 0.3) is 0 Å². The Bertz CT molecular complexity index is 5930. The van der Waals surface area contributed by atoms with Crippen LogP contribution in [-0.2, 0) is 0 Å². The number of para-hydroxylation sites is 4. The van der Waals surface area contributed by atoms with Crippen LogP contribution in [0.25, 0.3) is 140 Å². The number of thiophene rings is 2. The summed E-state index contributed by atoms with van der Waals surface area (Å²) in [4.78, 5) is 4.64. The van der Waals surface area contributed by atoms with Crippen LogP contribution >= 0.6 is 22.7 Å². The van der Waals surface area contributed by atoms with Crippen LogP contribution in [0.5, 0.6) is 0 Å². The molecule has 6 aromatic heterocycles. The van der Waals surface area contributed by atoms with Crippen LogP contribution in [-0.4, -0.2) is 0 Å².